The molecule has 0 rings (SSSR count). The average Bonchev–Trinajstić information content (AvgIpc) is 2.06. The summed E-state index contributed by atoms with van der Waals surface area (Å²) >= 11 is -2.19. The molecule has 0 saturated carbocycles. The molecule has 0 aromatic rings. The third kappa shape index (κ3) is 9.12. The van der Waals surface area contributed by atoms with E-state index in [0.717, 1.165) is 38.9 Å². The molecule has 0 N–H and O–H groups in total. The van der Waals surface area contributed by atoms with Gasteiger partial charge < -0.3 is 0 Å². The van der Waals surface area contributed by atoms with E-state index in [0.29, 0.717) is 0 Å². The van der Waals surface area contributed by atoms with Gasteiger partial charge in [-0.2, -0.15) is 0 Å². The predicted octanol–water partition coefficient (Wildman–Crippen LogP) is 2.84. The summed E-state index contributed by atoms with van der Waals surface area (Å²) in [5.41, 5.74) is 0. The van der Waals surface area contributed by atoms with Crippen LogP contribution in [0.15, 0.2) is 0 Å². The Morgan fingerprint density at radius 3 is 1.75 bits per heavy atom. The van der Waals surface area contributed by atoms with Gasteiger partial charge in [0.25, 0.3) is 0 Å². The van der Waals surface area contributed by atoms with Crippen molar-refractivity contribution in [2.45, 2.75) is 39.5 Å². The maximum absolute atomic E-state index is 5.89. The van der Waals surface area contributed by atoms with Crippen molar-refractivity contribution in [1.29, 1.82) is 0 Å². The molecule has 0 aliphatic rings. The van der Waals surface area contributed by atoms with Crippen LogP contribution >= 0.6 is 8.83 Å². The van der Waals surface area contributed by atoms with Crippen molar-refractivity contribution >= 4 is 28.7 Å². The van der Waals surface area contributed by atoms with E-state index in [2.05, 4.69) is 13.8 Å². The van der Waals surface area contributed by atoms with Gasteiger partial charge in [0.2, 0.25) is 0 Å². The van der Waals surface area contributed by atoms with Gasteiger partial charge in [0.05, 0.1) is 0 Å². The van der Waals surface area contributed by atoms with Crippen molar-refractivity contribution in [1.82, 2.24) is 0 Å². The van der Waals surface area contributed by atoms with Gasteiger partial charge in [-0.1, -0.05) is 0 Å². The first-order chi connectivity index (χ1) is 5.81. The summed E-state index contributed by atoms with van der Waals surface area (Å²) in [6.45, 7) is 5.82. The zero-order valence-corrected chi connectivity index (χ0v) is 11.2. The molecule has 74 valence electrons. The van der Waals surface area contributed by atoms with Crippen molar-refractivity contribution in [2.24, 2.45) is 0 Å². The minimum atomic E-state index is -2.19. The molecule has 0 saturated heterocycles. The average molecular weight is 303 g/mol. The van der Waals surface area contributed by atoms with E-state index < -0.39 is 19.9 Å². The minimum absolute atomic E-state index is 0.773. The maximum atomic E-state index is 5.89. The van der Waals surface area contributed by atoms with E-state index in [-0.39, 0.29) is 0 Å². The van der Waals surface area contributed by atoms with Crippen LogP contribution in [-0.4, -0.2) is 33.1 Å². The monoisotopic (exact) mass is 302 g/mol. The molecule has 0 aromatic carbocycles. The Bertz CT molecular complexity index is 83.1. The van der Waals surface area contributed by atoms with Crippen molar-refractivity contribution in [3.63, 3.8) is 0 Å². The number of unbranched alkanes of at least 4 members (excludes halogenated alkanes) is 2. The molecule has 4 heteroatoms. The van der Waals surface area contributed by atoms with Crippen LogP contribution in [0.5, 0.6) is 0 Å². The Labute approximate surface area is 87.3 Å². The quantitative estimate of drug-likeness (QED) is 0.507. The van der Waals surface area contributed by atoms with E-state index >= 15 is 0 Å². The molecular formula is C8H18ClO2Sb. The molecule has 12 heavy (non-hydrogen) atoms. The molecule has 0 bridgehead atoms. The number of rotatable bonds is 8. The van der Waals surface area contributed by atoms with Crippen molar-refractivity contribution in [3.05, 3.63) is 0 Å². The van der Waals surface area contributed by atoms with Crippen LogP contribution in [0.25, 0.3) is 0 Å². The Morgan fingerprint density at radius 1 is 1.00 bits per heavy atom. The van der Waals surface area contributed by atoms with Gasteiger partial charge in [0.15, 0.2) is 0 Å². The molecule has 0 radical (unpaired) electrons. The van der Waals surface area contributed by atoms with Gasteiger partial charge in [0.1, 0.15) is 0 Å². The van der Waals surface area contributed by atoms with E-state index in [4.69, 9.17) is 14.9 Å². The Morgan fingerprint density at radius 2 is 1.42 bits per heavy atom. The molecule has 0 fully saturated rings. The summed E-state index contributed by atoms with van der Waals surface area (Å²) in [6.07, 6.45) is 4.48. The zero-order valence-electron chi connectivity index (χ0n) is 7.88. The molecule has 0 aromatic heterocycles. The summed E-state index contributed by atoms with van der Waals surface area (Å²) in [6, 6.07) is 0. The summed E-state index contributed by atoms with van der Waals surface area (Å²) in [4.78, 5) is 0. The first kappa shape index (κ1) is 13.0. The fourth-order valence-corrected chi connectivity index (χ4v) is 3.29. The predicted molar refractivity (Wildman–Crippen MR) is 53.3 cm³/mol. The first-order valence-electron chi connectivity index (χ1n) is 4.53. The van der Waals surface area contributed by atoms with Crippen LogP contribution in [-0.2, 0) is 6.03 Å². The zero-order chi connectivity index (χ0) is 9.23. The van der Waals surface area contributed by atoms with E-state index in [1.165, 1.54) is 0 Å². The molecule has 2 nitrogen and oxygen atoms in total. The fourth-order valence-electron chi connectivity index (χ4n) is 0.599. The Kier molecular flexibility index (Phi) is 11.0. The fraction of sp³-hybridized carbons (Fsp3) is 1.00. The van der Waals surface area contributed by atoms with Crippen molar-refractivity contribution in [3.8, 4) is 0 Å². The molecule has 0 atom stereocenters. The van der Waals surface area contributed by atoms with Crippen LogP contribution in [0.3, 0.4) is 0 Å². The second kappa shape index (κ2) is 10.1. The van der Waals surface area contributed by atoms with Gasteiger partial charge in [-0.25, -0.2) is 0 Å². The topological polar surface area (TPSA) is 18.5 Å². The number of halogens is 1. The van der Waals surface area contributed by atoms with Crippen molar-refractivity contribution < 1.29 is 6.03 Å². The second-order valence-electron chi connectivity index (χ2n) is 2.59. The molecule has 0 heterocycles. The summed E-state index contributed by atoms with van der Waals surface area (Å²) in [5.74, 6) is 0. The van der Waals surface area contributed by atoms with Crippen LogP contribution in [0.1, 0.15) is 39.5 Å². The van der Waals surface area contributed by atoms with Crippen LogP contribution in [0.2, 0.25) is 0 Å². The van der Waals surface area contributed by atoms with Gasteiger partial charge in [-0.05, 0) is 0 Å². The van der Waals surface area contributed by atoms with Gasteiger partial charge in [-0.15, -0.1) is 0 Å². The molecular weight excluding hydrogens is 285 g/mol. The van der Waals surface area contributed by atoms with E-state index in [1.807, 2.05) is 0 Å². The van der Waals surface area contributed by atoms with E-state index in [9.17, 15) is 0 Å². The van der Waals surface area contributed by atoms with Crippen LogP contribution < -0.4 is 0 Å². The standard InChI is InChI=1S/2C4H9O.ClH.Sb/c2*1-2-3-4-5;;/h2*2-4H2,1H3;1H;/q2*-1;;+3/p-1. The molecule has 0 aliphatic heterocycles. The van der Waals surface area contributed by atoms with Crippen LogP contribution in [0.4, 0.5) is 0 Å². The third-order valence-corrected chi connectivity index (χ3v) is 4.89. The van der Waals surface area contributed by atoms with E-state index in [1.54, 1.807) is 0 Å². The summed E-state index contributed by atoms with van der Waals surface area (Å²) in [7, 11) is 5.89. The Hall–Kier alpha value is 1.03. The number of hydrogen-bond donors (Lipinski definition) is 0. The van der Waals surface area contributed by atoms with Gasteiger partial charge >= 0.3 is 87.5 Å². The van der Waals surface area contributed by atoms with Gasteiger partial charge in [-0.3, -0.25) is 0 Å². The molecule has 0 amide bonds. The third-order valence-electron chi connectivity index (χ3n) is 1.38. The van der Waals surface area contributed by atoms with Gasteiger partial charge in [0, 0.05) is 0 Å². The molecule has 0 spiro atoms. The SMILES string of the molecule is CCCC[O][Sb]([Cl])[O]CCCC. The molecule has 0 unspecified atom stereocenters. The Balaban J connectivity index is 3.04. The summed E-state index contributed by atoms with van der Waals surface area (Å²) in [5, 5.41) is 0. The summed E-state index contributed by atoms with van der Waals surface area (Å²) < 4.78 is 10.7. The first-order valence-corrected chi connectivity index (χ1v) is 9.84. The number of hydrogen-bond acceptors (Lipinski definition) is 2. The normalized spacial score (nSPS) is 11.0. The second-order valence-corrected chi connectivity index (χ2v) is 7.12. The molecule has 0 aliphatic carbocycles. The van der Waals surface area contributed by atoms with Crippen molar-refractivity contribution in [2.75, 3.05) is 13.2 Å². The van der Waals surface area contributed by atoms with Crippen LogP contribution in [0, 0.1) is 0 Å².